The van der Waals surface area contributed by atoms with Crippen molar-refractivity contribution in [1.29, 1.82) is 0 Å². The maximum Gasteiger partial charge on any atom is 0.0889 e. The van der Waals surface area contributed by atoms with Crippen molar-refractivity contribution in [2.45, 2.75) is 55.9 Å². The maximum absolute atomic E-state index is 10.3. The van der Waals surface area contributed by atoms with Crippen LogP contribution in [-0.4, -0.2) is 34.3 Å². The second kappa shape index (κ2) is 4.42. The van der Waals surface area contributed by atoms with Gasteiger partial charge in [0.2, 0.25) is 0 Å². The van der Waals surface area contributed by atoms with Gasteiger partial charge in [0.05, 0.1) is 5.60 Å². The van der Waals surface area contributed by atoms with E-state index in [4.69, 9.17) is 0 Å². The molecule has 0 aromatic heterocycles. The highest BCUT2D eigenvalue weighted by Gasteiger charge is 2.45. The van der Waals surface area contributed by atoms with Crippen LogP contribution >= 0.6 is 11.8 Å². The molecule has 0 aliphatic heterocycles. The van der Waals surface area contributed by atoms with Crippen molar-refractivity contribution in [1.82, 2.24) is 5.32 Å². The molecule has 2 saturated carbocycles. The summed E-state index contributed by atoms with van der Waals surface area (Å²) < 4.78 is 0. The zero-order chi connectivity index (χ0) is 10.0. The van der Waals surface area contributed by atoms with E-state index in [2.05, 4.69) is 12.2 Å². The van der Waals surface area contributed by atoms with Crippen molar-refractivity contribution >= 4 is 11.8 Å². The van der Waals surface area contributed by atoms with E-state index >= 15 is 0 Å². The molecule has 2 rings (SSSR count). The zero-order valence-electron chi connectivity index (χ0n) is 8.96. The lowest BCUT2D eigenvalue weighted by Crippen LogP contribution is -2.58. The fraction of sp³-hybridized carbons (Fsp3) is 1.00. The molecule has 0 bridgehead atoms. The van der Waals surface area contributed by atoms with Gasteiger partial charge in [0, 0.05) is 17.8 Å². The third-order valence-corrected chi connectivity index (χ3v) is 5.02. The molecule has 2 aliphatic carbocycles. The SMILES string of the molecule is CCSC1CCC1(O)CNC1CCC1. The average Bonchev–Trinajstić information content (AvgIpc) is 2.10. The van der Waals surface area contributed by atoms with Crippen LogP contribution in [0.2, 0.25) is 0 Å². The summed E-state index contributed by atoms with van der Waals surface area (Å²) in [5.74, 6) is 1.12. The minimum Gasteiger partial charge on any atom is -0.387 e. The number of nitrogens with one attached hydrogen (secondary N) is 1. The Morgan fingerprint density at radius 1 is 1.43 bits per heavy atom. The second-order valence-electron chi connectivity index (χ2n) is 4.59. The predicted octanol–water partition coefficient (Wildman–Crippen LogP) is 1.78. The van der Waals surface area contributed by atoms with Gasteiger partial charge in [0.25, 0.3) is 0 Å². The van der Waals surface area contributed by atoms with E-state index in [1.54, 1.807) is 0 Å². The van der Waals surface area contributed by atoms with Crippen LogP contribution in [0.5, 0.6) is 0 Å². The van der Waals surface area contributed by atoms with Gasteiger partial charge in [-0.1, -0.05) is 13.3 Å². The fourth-order valence-electron chi connectivity index (χ4n) is 2.17. The van der Waals surface area contributed by atoms with Gasteiger partial charge in [-0.05, 0) is 31.4 Å². The molecule has 0 spiro atoms. The third-order valence-electron chi connectivity index (χ3n) is 3.61. The first-order valence-corrected chi connectivity index (χ1v) is 6.87. The van der Waals surface area contributed by atoms with Gasteiger partial charge in [-0.2, -0.15) is 11.8 Å². The smallest absolute Gasteiger partial charge is 0.0889 e. The van der Waals surface area contributed by atoms with Gasteiger partial charge in [0.1, 0.15) is 0 Å². The third kappa shape index (κ3) is 2.10. The summed E-state index contributed by atoms with van der Waals surface area (Å²) in [6.45, 7) is 2.98. The van der Waals surface area contributed by atoms with Crippen LogP contribution < -0.4 is 5.32 Å². The van der Waals surface area contributed by atoms with Crippen molar-refractivity contribution in [2.75, 3.05) is 12.3 Å². The van der Waals surface area contributed by atoms with Crippen molar-refractivity contribution in [2.24, 2.45) is 0 Å². The van der Waals surface area contributed by atoms with Crippen LogP contribution in [0.3, 0.4) is 0 Å². The summed E-state index contributed by atoms with van der Waals surface area (Å²) in [6, 6.07) is 0.701. The molecule has 0 aromatic carbocycles. The Morgan fingerprint density at radius 3 is 2.64 bits per heavy atom. The number of aliphatic hydroxyl groups is 1. The van der Waals surface area contributed by atoms with Gasteiger partial charge >= 0.3 is 0 Å². The van der Waals surface area contributed by atoms with E-state index in [1.807, 2.05) is 11.8 Å². The largest absolute Gasteiger partial charge is 0.387 e. The van der Waals surface area contributed by atoms with Gasteiger partial charge in [0.15, 0.2) is 0 Å². The Hall–Kier alpha value is 0.270. The molecule has 2 nitrogen and oxygen atoms in total. The first kappa shape index (κ1) is 10.8. The van der Waals surface area contributed by atoms with Crippen molar-refractivity contribution in [3.8, 4) is 0 Å². The summed E-state index contributed by atoms with van der Waals surface area (Å²) in [7, 11) is 0. The highest BCUT2D eigenvalue weighted by molar-refractivity contribution is 8.00. The first-order valence-electron chi connectivity index (χ1n) is 5.82. The lowest BCUT2D eigenvalue weighted by atomic mass is 9.79. The number of hydrogen-bond donors (Lipinski definition) is 2. The molecule has 2 aliphatic rings. The zero-order valence-corrected chi connectivity index (χ0v) is 9.78. The highest BCUT2D eigenvalue weighted by Crippen LogP contribution is 2.40. The predicted molar refractivity (Wildman–Crippen MR) is 61.7 cm³/mol. The van der Waals surface area contributed by atoms with Gasteiger partial charge in [-0.15, -0.1) is 0 Å². The van der Waals surface area contributed by atoms with Crippen molar-refractivity contribution < 1.29 is 5.11 Å². The van der Waals surface area contributed by atoms with Crippen LogP contribution in [0, 0.1) is 0 Å². The lowest BCUT2D eigenvalue weighted by Gasteiger charge is -2.46. The minimum absolute atomic E-state index is 0.393. The first-order chi connectivity index (χ1) is 6.74. The fourth-order valence-corrected chi connectivity index (χ4v) is 3.37. The molecule has 3 heteroatoms. The molecule has 2 N–H and O–H groups in total. The van der Waals surface area contributed by atoms with E-state index in [1.165, 1.54) is 25.7 Å². The van der Waals surface area contributed by atoms with Gasteiger partial charge in [-0.3, -0.25) is 0 Å². The van der Waals surface area contributed by atoms with Crippen molar-refractivity contribution in [3.63, 3.8) is 0 Å². The number of rotatable bonds is 5. The summed E-state index contributed by atoms with van der Waals surface area (Å²) in [6.07, 6.45) is 6.16. The monoisotopic (exact) mass is 215 g/mol. The molecule has 0 radical (unpaired) electrons. The Morgan fingerprint density at radius 2 is 2.21 bits per heavy atom. The Balaban J connectivity index is 1.71. The van der Waals surface area contributed by atoms with Gasteiger partial charge in [-0.25, -0.2) is 0 Å². The number of thioether (sulfide) groups is 1. The molecule has 2 unspecified atom stereocenters. The molecule has 2 fully saturated rings. The molecule has 0 amide bonds. The van der Waals surface area contributed by atoms with E-state index in [9.17, 15) is 5.11 Å². The van der Waals surface area contributed by atoms with Crippen LogP contribution in [0.4, 0.5) is 0 Å². The number of hydrogen-bond acceptors (Lipinski definition) is 3. The quantitative estimate of drug-likeness (QED) is 0.733. The summed E-state index contributed by atoms with van der Waals surface area (Å²) in [5, 5.41) is 14.3. The molecule has 82 valence electrons. The standard InChI is InChI=1S/C11H21NOS/c1-2-14-10-6-7-11(10,13)8-12-9-4-3-5-9/h9-10,12-13H,2-8H2,1H3. The van der Waals surface area contributed by atoms with Crippen LogP contribution in [0.25, 0.3) is 0 Å². The van der Waals surface area contributed by atoms with E-state index in [0.717, 1.165) is 18.7 Å². The normalized spacial score (nSPS) is 37.7. The summed E-state index contributed by atoms with van der Waals surface area (Å²) in [4.78, 5) is 0. The van der Waals surface area contributed by atoms with Crippen LogP contribution in [0.15, 0.2) is 0 Å². The lowest BCUT2D eigenvalue weighted by molar-refractivity contribution is -0.0271. The Kier molecular flexibility index (Phi) is 3.40. The topological polar surface area (TPSA) is 32.3 Å². The molecular weight excluding hydrogens is 194 g/mol. The van der Waals surface area contributed by atoms with Crippen molar-refractivity contribution in [3.05, 3.63) is 0 Å². The van der Waals surface area contributed by atoms with E-state index in [0.29, 0.717) is 11.3 Å². The molecule has 0 saturated heterocycles. The van der Waals surface area contributed by atoms with Gasteiger partial charge < -0.3 is 10.4 Å². The second-order valence-corrected chi connectivity index (χ2v) is 6.07. The molecule has 14 heavy (non-hydrogen) atoms. The molecule has 0 aromatic rings. The van der Waals surface area contributed by atoms with E-state index < -0.39 is 5.60 Å². The summed E-state index contributed by atoms with van der Waals surface area (Å²) >= 11 is 1.91. The van der Waals surface area contributed by atoms with Crippen LogP contribution in [-0.2, 0) is 0 Å². The minimum atomic E-state index is -0.393. The van der Waals surface area contributed by atoms with E-state index in [-0.39, 0.29) is 0 Å². The molecular formula is C11H21NOS. The Labute approximate surface area is 90.8 Å². The summed E-state index contributed by atoms with van der Waals surface area (Å²) in [5.41, 5.74) is -0.393. The Bertz CT molecular complexity index is 196. The highest BCUT2D eigenvalue weighted by atomic mass is 32.2. The molecule has 0 heterocycles. The molecule has 2 atom stereocenters. The average molecular weight is 215 g/mol. The maximum atomic E-state index is 10.3. The van der Waals surface area contributed by atoms with Crippen LogP contribution in [0.1, 0.15) is 39.0 Å².